The molecule has 0 bridgehead atoms. The van der Waals surface area contributed by atoms with Crippen molar-refractivity contribution in [3.8, 4) is 0 Å². The molecule has 0 radical (unpaired) electrons. The minimum atomic E-state index is -0.0795. The van der Waals surface area contributed by atoms with Gasteiger partial charge in [0.1, 0.15) is 5.52 Å². The molecule has 2 heterocycles. The van der Waals surface area contributed by atoms with Crippen LogP contribution in [0.4, 0.5) is 5.69 Å². The van der Waals surface area contributed by atoms with Crippen LogP contribution >= 0.6 is 11.3 Å². The van der Waals surface area contributed by atoms with Gasteiger partial charge in [0, 0.05) is 23.4 Å². The Kier molecular flexibility index (Phi) is 4.43. The number of carbonyl (C=O) groups excluding carboxylic acids is 1. The maximum atomic E-state index is 12.2. The average molecular weight is 329 g/mol. The maximum absolute atomic E-state index is 12.2. The molecule has 120 valence electrons. The van der Waals surface area contributed by atoms with E-state index in [1.54, 1.807) is 11.3 Å². The summed E-state index contributed by atoms with van der Waals surface area (Å²) in [5.41, 5.74) is 3.03. The molecule has 0 fully saturated rings. The molecule has 0 atom stereocenters. The van der Waals surface area contributed by atoms with Crippen molar-refractivity contribution in [1.82, 2.24) is 9.97 Å². The summed E-state index contributed by atoms with van der Waals surface area (Å²) in [6, 6.07) is 5.48. The number of hydrogen-bond acceptors (Lipinski definition) is 5. The quantitative estimate of drug-likeness (QED) is 0.763. The number of anilines is 1. The molecule has 0 saturated heterocycles. The Bertz CT molecular complexity index is 835. The summed E-state index contributed by atoms with van der Waals surface area (Å²) in [6.45, 7) is 6.19. The topological polar surface area (TPSA) is 68.0 Å². The van der Waals surface area contributed by atoms with Crippen molar-refractivity contribution in [3.05, 3.63) is 40.2 Å². The number of fused-ring (bicyclic) bond motifs is 1. The van der Waals surface area contributed by atoms with E-state index >= 15 is 0 Å². The monoisotopic (exact) mass is 329 g/mol. The van der Waals surface area contributed by atoms with Gasteiger partial charge in [0.15, 0.2) is 11.5 Å². The van der Waals surface area contributed by atoms with Crippen LogP contribution in [0.3, 0.4) is 0 Å². The van der Waals surface area contributed by atoms with Crippen molar-refractivity contribution in [1.29, 1.82) is 0 Å². The second kappa shape index (κ2) is 6.50. The molecule has 1 amide bonds. The number of aromatic nitrogens is 2. The zero-order valence-corrected chi connectivity index (χ0v) is 14.2. The summed E-state index contributed by atoms with van der Waals surface area (Å²) in [4.78, 5) is 21.0. The van der Waals surface area contributed by atoms with Crippen LogP contribution in [0.2, 0.25) is 0 Å². The van der Waals surface area contributed by atoms with Crippen LogP contribution in [-0.2, 0) is 17.6 Å². The Balaban J connectivity index is 1.69. The predicted octanol–water partition coefficient (Wildman–Crippen LogP) is 4.15. The number of rotatable bonds is 5. The predicted molar refractivity (Wildman–Crippen MR) is 91.9 cm³/mol. The van der Waals surface area contributed by atoms with Crippen molar-refractivity contribution in [3.63, 3.8) is 0 Å². The number of thiazole rings is 1. The third kappa shape index (κ3) is 3.59. The zero-order valence-electron chi connectivity index (χ0n) is 13.4. The van der Waals surface area contributed by atoms with E-state index in [9.17, 15) is 4.79 Å². The molecule has 2 aromatic heterocycles. The third-order valence-electron chi connectivity index (χ3n) is 3.42. The largest absolute Gasteiger partial charge is 0.441 e. The normalized spacial score (nSPS) is 11.3. The van der Waals surface area contributed by atoms with Crippen LogP contribution in [-0.4, -0.2) is 15.9 Å². The van der Waals surface area contributed by atoms with Gasteiger partial charge >= 0.3 is 0 Å². The Hall–Kier alpha value is -2.21. The van der Waals surface area contributed by atoms with E-state index < -0.39 is 0 Å². The molecule has 1 aromatic carbocycles. The number of amides is 1. The second-order valence-corrected chi connectivity index (χ2v) is 6.59. The minimum absolute atomic E-state index is 0.0795. The van der Waals surface area contributed by atoms with E-state index in [0.29, 0.717) is 11.8 Å². The molecule has 0 saturated carbocycles. The van der Waals surface area contributed by atoms with Gasteiger partial charge < -0.3 is 9.73 Å². The lowest BCUT2D eigenvalue weighted by molar-refractivity contribution is -0.115. The molecule has 0 aliphatic carbocycles. The molecule has 0 spiro atoms. The smallest absolute Gasteiger partial charge is 0.230 e. The molecule has 6 heteroatoms. The standard InChI is InChI=1S/C17H19N3O2S/c1-4-16-20-13-7-11(5-6-14(13)22-16)18-15(21)8-12-9-23-17(19-12)10(2)3/h5-7,9-10H,4,8H2,1-3H3,(H,18,21). The second-order valence-electron chi connectivity index (χ2n) is 5.70. The van der Waals surface area contributed by atoms with Gasteiger partial charge in [0.05, 0.1) is 17.1 Å². The van der Waals surface area contributed by atoms with E-state index in [0.717, 1.165) is 33.9 Å². The lowest BCUT2D eigenvalue weighted by atomic mass is 10.2. The number of carbonyl (C=O) groups is 1. The van der Waals surface area contributed by atoms with E-state index in [1.807, 2.05) is 30.5 Å². The molecule has 3 aromatic rings. The summed E-state index contributed by atoms with van der Waals surface area (Å²) in [7, 11) is 0. The molecule has 0 aliphatic heterocycles. The van der Waals surface area contributed by atoms with Crippen molar-refractivity contribution in [2.45, 2.75) is 39.5 Å². The maximum Gasteiger partial charge on any atom is 0.230 e. The van der Waals surface area contributed by atoms with E-state index in [-0.39, 0.29) is 12.3 Å². The van der Waals surface area contributed by atoms with Gasteiger partial charge in [-0.2, -0.15) is 0 Å². The highest BCUT2D eigenvalue weighted by Gasteiger charge is 2.11. The van der Waals surface area contributed by atoms with Gasteiger partial charge in [0.2, 0.25) is 5.91 Å². The van der Waals surface area contributed by atoms with Crippen LogP contribution in [0, 0.1) is 0 Å². The lowest BCUT2D eigenvalue weighted by Gasteiger charge is -2.03. The van der Waals surface area contributed by atoms with E-state index in [2.05, 4.69) is 29.1 Å². The summed E-state index contributed by atoms with van der Waals surface area (Å²) < 4.78 is 5.57. The van der Waals surface area contributed by atoms with Gasteiger partial charge in [-0.1, -0.05) is 20.8 Å². The highest BCUT2D eigenvalue weighted by Crippen LogP contribution is 2.22. The molecule has 0 unspecified atom stereocenters. The van der Waals surface area contributed by atoms with Crippen LogP contribution in [0.5, 0.6) is 0 Å². The lowest BCUT2D eigenvalue weighted by Crippen LogP contribution is -2.14. The van der Waals surface area contributed by atoms with Crippen LogP contribution in [0.15, 0.2) is 28.0 Å². The first-order valence-corrected chi connectivity index (χ1v) is 8.56. The van der Waals surface area contributed by atoms with Crippen LogP contribution in [0.25, 0.3) is 11.1 Å². The minimum Gasteiger partial charge on any atom is -0.441 e. The molecular weight excluding hydrogens is 310 g/mol. The molecular formula is C17H19N3O2S. The van der Waals surface area contributed by atoms with Gasteiger partial charge in [-0.3, -0.25) is 4.79 Å². The number of nitrogens with one attached hydrogen (secondary N) is 1. The first kappa shape index (κ1) is 15.7. The Morgan fingerprint density at radius 2 is 2.17 bits per heavy atom. The van der Waals surface area contributed by atoms with Crippen molar-refractivity contribution in [2.24, 2.45) is 0 Å². The van der Waals surface area contributed by atoms with Gasteiger partial charge in [-0.15, -0.1) is 11.3 Å². The van der Waals surface area contributed by atoms with Gasteiger partial charge in [-0.25, -0.2) is 9.97 Å². The summed E-state index contributed by atoms with van der Waals surface area (Å²) in [5, 5.41) is 5.90. The molecule has 23 heavy (non-hydrogen) atoms. The fourth-order valence-electron chi connectivity index (χ4n) is 2.24. The Morgan fingerprint density at radius 3 is 2.87 bits per heavy atom. The highest BCUT2D eigenvalue weighted by atomic mass is 32.1. The zero-order chi connectivity index (χ0) is 16.4. The van der Waals surface area contributed by atoms with Gasteiger partial charge in [0.25, 0.3) is 0 Å². The first-order valence-electron chi connectivity index (χ1n) is 7.68. The number of hydrogen-bond donors (Lipinski definition) is 1. The number of nitrogens with zero attached hydrogens (tertiary/aromatic N) is 2. The fraction of sp³-hybridized carbons (Fsp3) is 0.353. The molecule has 3 rings (SSSR count). The van der Waals surface area contributed by atoms with Crippen molar-refractivity contribution >= 4 is 34.0 Å². The van der Waals surface area contributed by atoms with Gasteiger partial charge in [-0.05, 0) is 18.2 Å². The summed E-state index contributed by atoms with van der Waals surface area (Å²) >= 11 is 1.60. The van der Waals surface area contributed by atoms with Crippen molar-refractivity contribution in [2.75, 3.05) is 5.32 Å². The number of aryl methyl sites for hydroxylation is 1. The first-order chi connectivity index (χ1) is 11.0. The Labute approximate surface area is 138 Å². The molecule has 0 aliphatic rings. The van der Waals surface area contributed by atoms with E-state index in [1.165, 1.54) is 0 Å². The average Bonchev–Trinajstić information content (AvgIpc) is 3.12. The number of benzene rings is 1. The van der Waals surface area contributed by atoms with Crippen LogP contribution < -0.4 is 5.32 Å². The van der Waals surface area contributed by atoms with Crippen LogP contribution in [0.1, 0.15) is 43.3 Å². The highest BCUT2D eigenvalue weighted by molar-refractivity contribution is 7.09. The summed E-state index contributed by atoms with van der Waals surface area (Å²) in [6.07, 6.45) is 1.03. The Morgan fingerprint density at radius 1 is 1.35 bits per heavy atom. The number of oxazole rings is 1. The fourth-order valence-corrected chi connectivity index (χ4v) is 3.08. The van der Waals surface area contributed by atoms with Crippen molar-refractivity contribution < 1.29 is 9.21 Å². The molecule has 1 N–H and O–H groups in total. The summed E-state index contributed by atoms with van der Waals surface area (Å²) in [5.74, 6) is 1.01. The van der Waals surface area contributed by atoms with E-state index in [4.69, 9.17) is 4.42 Å². The third-order valence-corrected chi connectivity index (χ3v) is 4.62. The molecule has 5 nitrogen and oxygen atoms in total. The SMILES string of the molecule is CCc1nc2cc(NC(=O)Cc3csc(C(C)C)n3)ccc2o1.